The van der Waals surface area contributed by atoms with Crippen molar-refractivity contribution in [2.45, 2.75) is 13.8 Å². The first-order valence-electron chi connectivity index (χ1n) is 3.75. The minimum absolute atomic E-state index is 0.00542. The van der Waals surface area contributed by atoms with Crippen LogP contribution < -0.4 is 0 Å². The maximum Gasteiger partial charge on any atom is 0.269 e. The zero-order chi connectivity index (χ0) is 9.84. The monoisotopic (exact) mass is 195 g/mol. The zero-order valence-electron chi connectivity index (χ0n) is 7.44. The second-order valence-corrected chi connectivity index (χ2v) is 2.82. The highest BCUT2D eigenvalue weighted by atomic mass is 32.1. The molecular weight excluding hydrogens is 186 g/mol. The molecule has 0 unspecified atom stereocenters. The molecular formula is C8H9N3OS. The summed E-state index contributed by atoms with van der Waals surface area (Å²) in [6.45, 7) is 3.66. The molecule has 0 fully saturated rings. The molecule has 0 amide bonds. The predicted molar refractivity (Wildman–Crippen MR) is 52.2 cm³/mol. The van der Waals surface area contributed by atoms with Gasteiger partial charge in [0, 0.05) is 5.69 Å². The van der Waals surface area contributed by atoms with Crippen LogP contribution in [0.1, 0.15) is 16.2 Å². The Balaban J connectivity index is 2.88. The Bertz CT molecular complexity index is 377. The Hall–Kier alpha value is -1.32. The number of carbonyl (C=O) groups excluding carboxylic acids is 1. The number of hydrogen-bond donors (Lipinski definition) is 0. The summed E-state index contributed by atoms with van der Waals surface area (Å²) in [5, 5.41) is 6.15. The van der Waals surface area contributed by atoms with Crippen LogP contribution in [0.25, 0.3) is 0 Å². The van der Waals surface area contributed by atoms with E-state index in [1.54, 1.807) is 0 Å². The summed E-state index contributed by atoms with van der Waals surface area (Å²) in [4.78, 5) is 14.9. The van der Waals surface area contributed by atoms with Gasteiger partial charge in [-0.15, -0.1) is 0 Å². The molecule has 1 rings (SSSR count). The molecule has 5 heteroatoms. The van der Waals surface area contributed by atoms with E-state index in [9.17, 15) is 4.79 Å². The molecule has 0 spiro atoms. The molecule has 0 aliphatic carbocycles. The maximum atomic E-state index is 11.4. The molecule has 68 valence electrons. The van der Waals surface area contributed by atoms with Crippen molar-refractivity contribution >= 4 is 23.3 Å². The van der Waals surface area contributed by atoms with Crippen molar-refractivity contribution < 1.29 is 4.79 Å². The number of carbonyl (C=O) groups is 1. The molecule has 1 heterocycles. The van der Waals surface area contributed by atoms with E-state index in [1.165, 1.54) is 4.68 Å². The second kappa shape index (κ2) is 4.07. The molecule has 4 nitrogen and oxygen atoms in total. The first-order valence-corrected chi connectivity index (χ1v) is 4.16. The number of isothiocyanates is 1. The van der Waals surface area contributed by atoms with E-state index >= 15 is 0 Å². The number of aryl methyl sites for hydroxylation is 2. The summed E-state index contributed by atoms with van der Waals surface area (Å²) in [5.41, 5.74) is 1.62. The topological polar surface area (TPSA) is 47.2 Å². The molecule has 0 aromatic carbocycles. The lowest BCUT2D eigenvalue weighted by Gasteiger charge is -1.97. The van der Waals surface area contributed by atoms with E-state index in [0.717, 1.165) is 11.4 Å². The van der Waals surface area contributed by atoms with Gasteiger partial charge >= 0.3 is 0 Å². The SMILES string of the molecule is Cc1cc(C)n(C(=O)CN=C=S)n1. The molecule has 0 saturated heterocycles. The summed E-state index contributed by atoms with van der Waals surface area (Å²) in [6.07, 6.45) is 0. The molecule has 1 aromatic heterocycles. The van der Waals surface area contributed by atoms with Crippen LogP contribution in [0, 0.1) is 13.8 Å². The molecule has 13 heavy (non-hydrogen) atoms. The standard InChI is InChI=1S/C8H9N3OS/c1-6-3-7(2)11(10-6)8(12)4-9-5-13/h3H,4H2,1-2H3. The summed E-state index contributed by atoms with van der Waals surface area (Å²) in [7, 11) is 0. The summed E-state index contributed by atoms with van der Waals surface area (Å²) < 4.78 is 1.32. The van der Waals surface area contributed by atoms with Crippen LogP contribution in [0.3, 0.4) is 0 Å². The fraction of sp³-hybridized carbons (Fsp3) is 0.375. The first-order chi connectivity index (χ1) is 6.15. The van der Waals surface area contributed by atoms with Gasteiger partial charge < -0.3 is 0 Å². The summed E-state index contributed by atoms with van der Waals surface area (Å²) >= 11 is 4.36. The Morgan fingerprint density at radius 1 is 1.77 bits per heavy atom. The van der Waals surface area contributed by atoms with Gasteiger partial charge in [0.2, 0.25) is 0 Å². The number of aromatic nitrogens is 2. The molecule has 0 saturated carbocycles. The van der Waals surface area contributed by atoms with Crippen molar-refractivity contribution in [3.8, 4) is 0 Å². The highest BCUT2D eigenvalue weighted by Crippen LogP contribution is 2.01. The Labute approximate surface area is 81.3 Å². The lowest BCUT2D eigenvalue weighted by molar-refractivity contribution is 0.0906. The molecule has 0 bridgehead atoms. The van der Waals surface area contributed by atoms with E-state index in [4.69, 9.17) is 0 Å². The number of nitrogens with zero attached hydrogens (tertiary/aromatic N) is 3. The highest BCUT2D eigenvalue weighted by Gasteiger charge is 2.08. The van der Waals surface area contributed by atoms with E-state index < -0.39 is 0 Å². The average Bonchev–Trinajstić information content (AvgIpc) is 2.41. The lowest BCUT2D eigenvalue weighted by atomic mass is 10.4. The van der Waals surface area contributed by atoms with Crippen LogP contribution in [0.2, 0.25) is 0 Å². The fourth-order valence-electron chi connectivity index (χ4n) is 1.05. The van der Waals surface area contributed by atoms with Crippen LogP contribution in [0.4, 0.5) is 0 Å². The van der Waals surface area contributed by atoms with Gasteiger partial charge in [0.05, 0.1) is 10.9 Å². The molecule has 0 radical (unpaired) electrons. The molecule has 1 aromatic rings. The third kappa shape index (κ3) is 2.31. The van der Waals surface area contributed by atoms with Gasteiger partial charge in [0.1, 0.15) is 6.54 Å². The van der Waals surface area contributed by atoms with Gasteiger partial charge in [-0.05, 0) is 32.1 Å². The lowest BCUT2D eigenvalue weighted by Crippen LogP contribution is -2.16. The van der Waals surface area contributed by atoms with Crippen molar-refractivity contribution in [1.29, 1.82) is 0 Å². The Morgan fingerprint density at radius 3 is 2.92 bits per heavy atom. The number of aliphatic imine (C=N–C) groups is 1. The van der Waals surface area contributed by atoms with E-state index in [-0.39, 0.29) is 12.5 Å². The zero-order valence-corrected chi connectivity index (χ0v) is 8.26. The van der Waals surface area contributed by atoms with Gasteiger partial charge in [0.25, 0.3) is 5.91 Å². The van der Waals surface area contributed by atoms with Crippen molar-refractivity contribution in [3.05, 3.63) is 17.5 Å². The Morgan fingerprint density at radius 2 is 2.46 bits per heavy atom. The molecule has 0 atom stereocenters. The third-order valence-corrected chi connectivity index (χ3v) is 1.65. The van der Waals surface area contributed by atoms with Gasteiger partial charge in [0.15, 0.2) is 0 Å². The van der Waals surface area contributed by atoms with Crippen LogP contribution in [-0.2, 0) is 0 Å². The smallest absolute Gasteiger partial charge is 0.269 e. The average molecular weight is 195 g/mol. The largest absolute Gasteiger partial charge is 0.270 e. The number of rotatable bonds is 2. The predicted octanol–water partition coefficient (Wildman–Crippen LogP) is 1.24. The van der Waals surface area contributed by atoms with E-state index in [2.05, 4.69) is 27.5 Å². The Kier molecular flexibility index (Phi) is 3.06. The minimum Gasteiger partial charge on any atom is -0.270 e. The highest BCUT2D eigenvalue weighted by molar-refractivity contribution is 7.78. The van der Waals surface area contributed by atoms with Gasteiger partial charge in [-0.3, -0.25) is 4.79 Å². The van der Waals surface area contributed by atoms with Crippen LogP contribution in [-0.4, -0.2) is 27.4 Å². The third-order valence-electron chi connectivity index (χ3n) is 1.52. The minimum atomic E-state index is -0.192. The van der Waals surface area contributed by atoms with E-state index in [1.807, 2.05) is 19.9 Å². The van der Waals surface area contributed by atoms with Gasteiger partial charge in [-0.25, -0.2) is 9.67 Å². The van der Waals surface area contributed by atoms with Crippen LogP contribution in [0.5, 0.6) is 0 Å². The van der Waals surface area contributed by atoms with Crippen molar-refractivity contribution in [3.63, 3.8) is 0 Å². The molecule has 0 aliphatic heterocycles. The van der Waals surface area contributed by atoms with Gasteiger partial charge in [-0.2, -0.15) is 5.10 Å². The number of thiocarbonyl (C=S) groups is 1. The second-order valence-electron chi connectivity index (χ2n) is 2.64. The maximum absolute atomic E-state index is 11.4. The number of hydrogen-bond acceptors (Lipinski definition) is 4. The van der Waals surface area contributed by atoms with Crippen molar-refractivity contribution in [1.82, 2.24) is 9.78 Å². The first kappa shape index (κ1) is 9.77. The normalized spacial score (nSPS) is 9.38. The van der Waals surface area contributed by atoms with Crippen molar-refractivity contribution in [2.24, 2.45) is 4.99 Å². The van der Waals surface area contributed by atoms with Crippen LogP contribution >= 0.6 is 12.2 Å². The quantitative estimate of drug-likeness (QED) is 0.527. The molecule has 0 aliphatic rings. The molecule has 0 N–H and O–H groups in total. The van der Waals surface area contributed by atoms with Crippen LogP contribution in [0.15, 0.2) is 11.1 Å². The van der Waals surface area contributed by atoms with Crippen molar-refractivity contribution in [2.75, 3.05) is 6.54 Å². The fourth-order valence-corrected chi connectivity index (χ4v) is 1.11. The van der Waals surface area contributed by atoms with E-state index in [0.29, 0.717) is 0 Å². The summed E-state index contributed by atoms with van der Waals surface area (Å²) in [6, 6.07) is 1.83. The summed E-state index contributed by atoms with van der Waals surface area (Å²) in [5.74, 6) is -0.192. The van der Waals surface area contributed by atoms with Gasteiger partial charge in [-0.1, -0.05) is 0 Å².